The maximum absolute atomic E-state index is 10.6. The summed E-state index contributed by atoms with van der Waals surface area (Å²) in [4.78, 5) is 14.6. The van der Waals surface area contributed by atoms with Crippen LogP contribution in [0.1, 0.15) is 30.6 Å². The van der Waals surface area contributed by atoms with Crippen LogP contribution in [0.3, 0.4) is 0 Å². The van der Waals surface area contributed by atoms with E-state index in [9.17, 15) is 9.90 Å². The van der Waals surface area contributed by atoms with Crippen molar-refractivity contribution in [3.05, 3.63) is 23.9 Å². The number of carboxylic acids is 1. The molecule has 0 radical (unpaired) electrons. The molecule has 16 heavy (non-hydrogen) atoms. The highest BCUT2D eigenvalue weighted by molar-refractivity contribution is 5.87. The quantitative estimate of drug-likeness (QED) is 0.703. The van der Waals surface area contributed by atoms with Crippen molar-refractivity contribution in [2.24, 2.45) is 0 Å². The van der Waals surface area contributed by atoms with Gasteiger partial charge in [0.1, 0.15) is 5.82 Å². The Hall–Kier alpha value is -1.62. The zero-order chi connectivity index (χ0) is 12.2. The molecule has 0 fully saturated rings. The molecule has 1 atom stereocenters. The Morgan fingerprint density at radius 3 is 2.62 bits per heavy atom. The molecule has 0 aliphatic carbocycles. The van der Waals surface area contributed by atoms with E-state index < -0.39 is 11.5 Å². The lowest BCUT2D eigenvalue weighted by atomic mass is 10.0. The van der Waals surface area contributed by atoms with Gasteiger partial charge >= 0.3 is 5.97 Å². The van der Waals surface area contributed by atoms with Gasteiger partial charge in [0.05, 0.1) is 17.7 Å². The average molecular weight is 224 g/mol. The molecule has 1 aromatic rings. The topological polar surface area (TPSA) is 82.5 Å². The number of hydrogen-bond acceptors (Lipinski definition) is 4. The Labute approximate surface area is 94.1 Å². The summed E-state index contributed by atoms with van der Waals surface area (Å²) in [6.45, 7) is 3.82. The summed E-state index contributed by atoms with van der Waals surface area (Å²) in [5, 5.41) is 21.0. The molecule has 0 bridgehead atoms. The van der Waals surface area contributed by atoms with E-state index in [1.807, 2.05) is 13.8 Å². The van der Waals surface area contributed by atoms with E-state index in [0.717, 1.165) is 6.42 Å². The first-order chi connectivity index (χ1) is 7.50. The number of carboxylic acid groups (broad SMARTS) is 1. The number of hydrogen-bond donors (Lipinski definition) is 3. The Balaban J connectivity index is 2.79. The molecule has 5 heteroatoms. The Bertz CT molecular complexity index is 358. The van der Waals surface area contributed by atoms with Crippen molar-refractivity contribution in [3.63, 3.8) is 0 Å². The first-order valence-corrected chi connectivity index (χ1v) is 5.09. The first kappa shape index (κ1) is 12.4. The number of aliphatic hydroxyl groups is 1. The fourth-order valence-corrected chi connectivity index (χ4v) is 1.14. The molecule has 5 nitrogen and oxygen atoms in total. The van der Waals surface area contributed by atoms with Gasteiger partial charge in [0.15, 0.2) is 0 Å². The molecule has 0 saturated carbocycles. The SMILES string of the molecule is CCC(C)(CO)Nc1ccc(C(=O)O)cn1. The third-order valence-corrected chi connectivity index (χ3v) is 2.57. The van der Waals surface area contributed by atoms with Gasteiger partial charge in [-0.25, -0.2) is 9.78 Å². The van der Waals surface area contributed by atoms with Gasteiger partial charge in [-0.3, -0.25) is 0 Å². The lowest BCUT2D eigenvalue weighted by Gasteiger charge is -2.27. The van der Waals surface area contributed by atoms with Crippen LogP contribution < -0.4 is 5.32 Å². The molecule has 1 rings (SSSR count). The molecular formula is C11H16N2O3. The van der Waals surface area contributed by atoms with Crippen LogP contribution >= 0.6 is 0 Å². The van der Waals surface area contributed by atoms with Crippen molar-refractivity contribution in [2.75, 3.05) is 11.9 Å². The molecule has 0 saturated heterocycles. The van der Waals surface area contributed by atoms with E-state index in [0.29, 0.717) is 5.82 Å². The molecule has 0 aliphatic rings. The highest BCUT2D eigenvalue weighted by Gasteiger charge is 2.20. The van der Waals surface area contributed by atoms with Gasteiger partial charge < -0.3 is 15.5 Å². The van der Waals surface area contributed by atoms with Crippen molar-refractivity contribution in [1.82, 2.24) is 4.98 Å². The summed E-state index contributed by atoms with van der Waals surface area (Å²) in [6, 6.07) is 3.07. The summed E-state index contributed by atoms with van der Waals surface area (Å²) >= 11 is 0. The molecule has 0 aliphatic heterocycles. The predicted molar refractivity (Wildman–Crippen MR) is 60.6 cm³/mol. The highest BCUT2D eigenvalue weighted by Crippen LogP contribution is 2.16. The number of aliphatic hydroxyl groups excluding tert-OH is 1. The number of aromatic nitrogens is 1. The minimum Gasteiger partial charge on any atom is -0.478 e. The molecular weight excluding hydrogens is 208 g/mol. The molecule has 1 unspecified atom stereocenters. The van der Waals surface area contributed by atoms with Gasteiger partial charge in [-0.2, -0.15) is 0 Å². The Kier molecular flexibility index (Phi) is 3.84. The van der Waals surface area contributed by atoms with E-state index in [4.69, 9.17) is 5.11 Å². The highest BCUT2D eigenvalue weighted by atomic mass is 16.4. The van der Waals surface area contributed by atoms with Crippen LogP contribution in [0.5, 0.6) is 0 Å². The van der Waals surface area contributed by atoms with Gasteiger partial charge in [0.2, 0.25) is 0 Å². The molecule has 88 valence electrons. The van der Waals surface area contributed by atoms with Crippen LogP contribution in [0.15, 0.2) is 18.3 Å². The van der Waals surface area contributed by atoms with Crippen molar-refractivity contribution < 1.29 is 15.0 Å². The Morgan fingerprint density at radius 1 is 1.56 bits per heavy atom. The zero-order valence-corrected chi connectivity index (χ0v) is 9.40. The lowest BCUT2D eigenvalue weighted by molar-refractivity contribution is 0.0696. The lowest BCUT2D eigenvalue weighted by Crippen LogP contribution is -2.38. The van der Waals surface area contributed by atoms with Crippen LogP contribution in [0.4, 0.5) is 5.82 Å². The molecule has 3 N–H and O–H groups in total. The third-order valence-electron chi connectivity index (χ3n) is 2.57. The third kappa shape index (κ3) is 2.93. The second-order valence-corrected chi connectivity index (χ2v) is 3.93. The maximum Gasteiger partial charge on any atom is 0.337 e. The van der Waals surface area contributed by atoms with E-state index in [1.165, 1.54) is 12.3 Å². The predicted octanol–water partition coefficient (Wildman–Crippen LogP) is 1.35. The fourth-order valence-electron chi connectivity index (χ4n) is 1.14. The van der Waals surface area contributed by atoms with Crippen molar-refractivity contribution in [2.45, 2.75) is 25.8 Å². The summed E-state index contributed by atoms with van der Waals surface area (Å²) in [5.74, 6) is -0.442. The van der Waals surface area contributed by atoms with Crippen LogP contribution in [-0.2, 0) is 0 Å². The van der Waals surface area contributed by atoms with Gasteiger partial charge in [0, 0.05) is 6.20 Å². The monoisotopic (exact) mass is 224 g/mol. The largest absolute Gasteiger partial charge is 0.478 e. The van der Waals surface area contributed by atoms with Crippen molar-refractivity contribution >= 4 is 11.8 Å². The number of nitrogens with zero attached hydrogens (tertiary/aromatic N) is 1. The molecule has 0 aromatic carbocycles. The number of carbonyl (C=O) groups is 1. The minimum absolute atomic E-state index is 0.00807. The molecule has 1 heterocycles. The second-order valence-electron chi connectivity index (χ2n) is 3.93. The average Bonchev–Trinajstić information content (AvgIpc) is 2.29. The maximum atomic E-state index is 10.6. The summed E-state index contributed by atoms with van der Waals surface area (Å²) in [5.41, 5.74) is -0.287. The van der Waals surface area contributed by atoms with Gasteiger partial charge in [-0.15, -0.1) is 0 Å². The number of aromatic carboxylic acids is 1. The summed E-state index contributed by atoms with van der Waals surface area (Å²) < 4.78 is 0. The normalized spacial score (nSPS) is 14.2. The molecule has 0 amide bonds. The number of anilines is 1. The van der Waals surface area contributed by atoms with E-state index in [1.54, 1.807) is 6.07 Å². The van der Waals surface area contributed by atoms with Crippen LogP contribution in [0.25, 0.3) is 0 Å². The van der Waals surface area contributed by atoms with Crippen molar-refractivity contribution in [1.29, 1.82) is 0 Å². The van der Waals surface area contributed by atoms with Gasteiger partial charge in [0.25, 0.3) is 0 Å². The number of nitrogens with one attached hydrogen (secondary N) is 1. The first-order valence-electron chi connectivity index (χ1n) is 5.09. The molecule has 1 aromatic heterocycles. The van der Waals surface area contributed by atoms with Crippen LogP contribution in [0, 0.1) is 0 Å². The van der Waals surface area contributed by atoms with Gasteiger partial charge in [-0.05, 0) is 25.5 Å². The number of pyridine rings is 1. The Morgan fingerprint density at radius 2 is 2.25 bits per heavy atom. The standard InChI is InChI=1S/C11H16N2O3/c1-3-11(2,7-14)13-9-5-4-8(6-12-9)10(15)16/h4-6,14H,3,7H2,1-2H3,(H,12,13)(H,15,16). The number of rotatable bonds is 5. The summed E-state index contributed by atoms with van der Waals surface area (Å²) in [7, 11) is 0. The minimum atomic E-state index is -1.00. The zero-order valence-electron chi connectivity index (χ0n) is 9.40. The van der Waals surface area contributed by atoms with Crippen LogP contribution in [-0.4, -0.2) is 33.3 Å². The van der Waals surface area contributed by atoms with Gasteiger partial charge in [-0.1, -0.05) is 6.92 Å². The van der Waals surface area contributed by atoms with Crippen LogP contribution in [0.2, 0.25) is 0 Å². The van der Waals surface area contributed by atoms with E-state index in [2.05, 4.69) is 10.3 Å². The smallest absolute Gasteiger partial charge is 0.337 e. The van der Waals surface area contributed by atoms with E-state index in [-0.39, 0.29) is 12.2 Å². The van der Waals surface area contributed by atoms with Crippen molar-refractivity contribution in [3.8, 4) is 0 Å². The fraction of sp³-hybridized carbons (Fsp3) is 0.455. The second kappa shape index (κ2) is 4.94. The summed E-state index contributed by atoms with van der Waals surface area (Å²) in [6.07, 6.45) is 2.03. The molecule has 0 spiro atoms. The van der Waals surface area contributed by atoms with E-state index >= 15 is 0 Å².